The SMILES string of the molecule is Cc1cccc(N2CCn3cnc(CCN)c3C2)c1. The number of aryl methyl sites for hydroxylation is 1. The molecule has 1 aromatic carbocycles. The summed E-state index contributed by atoms with van der Waals surface area (Å²) in [7, 11) is 0. The van der Waals surface area contributed by atoms with Crippen LogP contribution in [0.1, 0.15) is 17.0 Å². The van der Waals surface area contributed by atoms with Gasteiger partial charge >= 0.3 is 0 Å². The molecule has 0 atom stereocenters. The number of rotatable bonds is 3. The second kappa shape index (κ2) is 5.05. The van der Waals surface area contributed by atoms with Crippen molar-refractivity contribution in [3.8, 4) is 0 Å². The predicted molar refractivity (Wildman–Crippen MR) is 77.2 cm³/mol. The fourth-order valence-electron chi connectivity index (χ4n) is 2.70. The van der Waals surface area contributed by atoms with E-state index in [1.807, 2.05) is 6.33 Å². The van der Waals surface area contributed by atoms with Gasteiger partial charge < -0.3 is 15.2 Å². The Morgan fingerprint density at radius 1 is 1.32 bits per heavy atom. The van der Waals surface area contributed by atoms with Crippen LogP contribution >= 0.6 is 0 Å². The van der Waals surface area contributed by atoms with E-state index >= 15 is 0 Å². The molecule has 2 N–H and O–H groups in total. The summed E-state index contributed by atoms with van der Waals surface area (Å²) in [5.41, 5.74) is 10.7. The zero-order valence-corrected chi connectivity index (χ0v) is 11.3. The molecule has 0 unspecified atom stereocenters. The molecule has 0 aliphatic carbocycles. The van der Waals surface area contributed by atoms with Crippen LogP contribution in [0.5, 0.6) is 0 Å². The normalized spacial score (nSPS) is 14.5. The summed E-state index contributed by atoms with van der Waals surface area (Å²) in [4.78, 5) is 6.91. The molecular formula is C15H20N4. The van der Waals surface area contributed by atoms with E-state index in [4.69, 9.17) is 5.73 Å². The van der Waals surface area contributed by atoms with Gasteiger partial charge in [0.1, 0.15) is 0 Å². The third-order valence-electron chi connectivity index (χ3n) is 3.73. The third-order valence-corrected chi connectivity index (χ3v) is 3.73. The van der Waals surface area contributed by atoms with Crippen LogP contribution < -0.4 is 10.6 Å². The number of nitrogens with two attached hydrogens (primary N) is 1. The summed E-state index contributed by atoms with van der Waals surface area (Å²) < 4.78 is 2.26. The molecule has 0 saturated carbocycles. The zero-order valence-electron chi connectivity index (χ0n) is 11.3. The monoisotopic (exact) mass is 256 g/mol. The lowest BCUT2D eigenvalue weighted by atomic mass is 10.1. The van der Waals surface area contributed by atoms with E-state index in [2.05, 4.69) is 45.6 Å². The van der Waals surface area contributed by atoms with Crippen molar-refractivity contribution in [2.45, 2.75) is 26.4 Å². The highest BCUT2D eigenvalue weighted by molar-refractivity contribution is 5.49. The van der Waals surface area contributed by atoms with Gasteiger partial charge in [0.15, 0.2) is 0 Å². The molecule has 2 aromatic rings. The maximum atomic E-state index is 5.66. The summed E-state index contributed by atoms with van der Waals surface area (Å²) in [6.45, 7) is 5.76. The maximum absolute atomic E-state index is 5.66. The largest absolute Gasteiger partial charge is 0.364 e. The molecular weight excluding hydrogens is 236 g/mol. The predicted octanol–water partition coefficient (Wildman–Crippen LogP) is 1.71. The lowest BCUT2D eigenvalue weighted by molar-refractivity contribution is 0.567. The smallest absolute Gasteiger partial charge is 0.0952 e. The number of benzene rings is 1. The first-order valence-electron chi connectivity index (χ1n) is 6.82. The summed E-state index contributed by atoms with van der Waals surface area (Å²) in [6.07, 6.45) is 2.82. The minimum atomic E-state index is 0.661. The standard InChI is InChI=1S/C15H20N4/c1-12-3-2-4-13(9-12)18-7-8-19-11-17-14(5-6-16)15(19)10-18/h2-4,9,11H,5-8,10,16H2,1H3. The van der Waals surface area contributed by atoms with Crippen LogP contribution in [0, 0.1) is 6.92 Å². The number of hydrogen-bond acceptors (Lipinski definition) is 3. The minimum absolute atomic E-state index is 0.661. The fraction of sp³-hybridized carbons (Fsp3) is 0.400. The van der Waals surface area contributed by atoms with Crippen LogP contribution in [0.25, 0.3) is 0 Å². The molecule has 0 radical (unpaired) electrons. The van der Waals surface area contributed by atoms with Crippen molar-refractivity contribution < 1.29 is 0 Å². The van der Waals surface area contributed by atoms with Crippen molar-refractivity contribution in [1.82, 2.24) is 9.55 Å². The average molecular weight is 256 g/mol. The van der Waals surface area contributed by atoms with Crippen molar-refractivity contribution in [3.05, 3.63) is 47.5 Å². The lowest BCUT2D eigenvalue weighted by Crippen LogP contribution is -2.33. The van der Waals surface area contributed by atoms with E-state index in [0.29, 0.717) is 6.54 Å². The molecule has 3 rings (SSSR count). The van der Waals surface area contributed by atoms with Gasteiger partial charge in [-0.25, -0.2) is 4.98 Å². The molecule has 19 heavy (non-hydrogen) atoms. The highest BCUT2D eigenvalue weighted by Crippen LogP contribution is 2.23. The summed E-state index contributed by atoms with van der Waals surface area (Å²) in [5, 5.41) is 0. The molecule has 4 nitrogen and oxygen atoms in total. The molecule has 0 fully saturated rings. The summed E-state index contributed by atoms with van der Waals surface area (Å²) >= 11 is 0. The van der Waals surface area contributed by atoms with Gasteiger partial charge in [0, 0.05) is 25.2 Å². The molecule has 0 amide bonds. The maximum Gasteiger partial charge on any atom is 0.0952 e. The molecule has 0 saturated heterocycles. The molecule has 1 aromatic heterocycles. The van der Waals surface area contributed by atoms with Crippen molar-refractivity contribution >= 4 is 5.69 Å². The van der Waals surface area contributed by atoms with Gasteiger partial charge in [0.2, 0.25) is 0 Å². The van der Waals surface area contributed by atoms with Crippen molar-refractivity contribution in [1.29, 1.82) is 0 Å². The number of anilines is 1. The Labute approximate surface area is 113 Å². The Morgan fingerprint density at radius 2 is 2.21 bits per heavy atom. The van der Waals surface area contributed by atoms with Crippen LogP contribution in [0.3, 0.4) is 0 Å². The van der Waals surface area contributed by atoms with E-state index in [-0.39, 0.29) is 0 Å². The van der Waals surface area contributed by atoms with Crippen LogP contribution in [-0.4, -0.2) is 22.6 Å². The number of imidazole rings is 1. The van der Waals surface area contributed by atoms with Crippen LogP contribution in [0.2, 0.25) is 0 Å². The Bertz CT molecular complexity index is 573. The van der Waals surface area contributed by atoms with Crippen LogP contribution in [-0.2, 0) is 19.5 Å². The fourth-order valence-corrected chi connectivity index (χ4v) is 2.70. The molecule has 4 heteroatoms. The number of hydrogen-bond donors (Lipinski definition) is 1. The van der Waals surface area contributed by atoms with E-state index in [0.717, 1.165) is 31.7 Å². The first-order valence-corrected chi connectivity index (χ1v) is 6.82. The van der Waals surface area contributed by atoms with Gasteiger partial charge in [-0.05, 0) is 31.2 Å². The van der Waals surface area contributed by atoms with Gasteiger partial charge in [-0.3, -0.25) is 0 Å². The van der Waals surface area contributed by atoms with Gasteiger partial charge in [0.05, 0.1) is 24.3 Å². The highest BCUT2D eigenvalue weighted by Gasteiger charge is 2.20. The minimum Gasteiger partial charge on any atom is -0.364 e. The number of fused-ring (bicyclic) bond motifs is 1. The second-order valence-electron chi connectivity index (χ2n) is 5.13. The molecule has 0 spiro atoms. The Hall–Kier alpha value is -1.81. The molecule has 100 valence electrons. The lowest BCUT2D eigenvalue weighted by Gasteiger charge is -2.31. The van der Waals surface area contributed by atoms with E-state index < -0.39 is 0 Å². The van der Waals surface area contributed by atoms with E-state index in [9.17, 15) is 0 Å². The highest BCUT2D eigenvalue weighted by atomic mass is 15.2. The Morgan fingerprint density at radius 3 is 3.00 bits per heavy atom. The molecule has 0 bridgehead atoms. The van der Waals surface area contributed by atoms with Gasteiger partial charge in [-0.15, -0.1) is 0 Å². The second-order valence-corrected chi connectivity index (χ2v) is 5.13. The number of nitrogens with zero attached hydrogens (tertiary/aromatic N) is 3. The summed E-state index contributed by atoms with van der Waals surface area (Å²) in [5.74, 6) is 0. The average Bonchev–Trinajstić information content (AvgIpc) is 2.82. The molecule has 2 heterocycles. The molecule has 1 aliphatic rings. The first-order chi connectivity index (χ1) is 9.28. The Kier molecular flexibility index (Phi) is 3.25. The van der Waals surface area contributed by atoms with Crippen molar-refractivity contribution in [2.24, 2.45) is 5.73 Å². The third kappa shape index (κ3) is 2.36. The summed E-state index contributed by atoms with van der Waals surface area (Å²) in [6, 6.07) is 8.69. The van der Waals surface area contributed by atoms with Crippen molar-refractivity contribution in [3.63, 3.8) is 0 Å². The topological polar surface area (TPSA) is 47.1 Å². The van der Waals surface area contributed by atoms with Crippen molar-refractivity contribution in [2.75, 3.05) is 18.0 Å². The Balaban J connectivity index is 1.86. The van der Waals surface area contributed by atoms with Crippen LogP contribution in [0.15, 0.2) is 30.6 Å². The van der Waals surface area contributed by atoms with Gasteiger partial charge in [-0.2, -0.15) is 0 Å². The zero-order chi connectivity index (χ0) is 13.2. The van der Waals surface area contributed by atoms with E-state index in [1.54, 1.807) is 0 Å². The molecule has 1 aliphatic heterocycles. The van der Waals surface area contributed by atoms with Crippen LogP contribution in [0.4, 0.5) is 5.69 Å². The quantitative estimate of drug-likeness (QED) is 0.909. The van der Waals surface area contributed by atoms with Gasteiger partial charge in [0.25, 0.3) is 0 Å². The first kappa shape index (κ1) is 12.2. The van der Waals surface area contributed by atoms with E-state index in [1.165, 1.54) is 16.9 Å². The van der Waals surface area contributed by atoms with Gasteiger partial charge in [-0.1, -0.05) is 12.1 Å². The number of aromatic nitrogens is 2.